The summed E-state index contributed by atoms with van der Waals surface area (Å²) in [6.45, 7) is 9.89. The van der Waals surface area contributed by atoms with E-state index in [1.54, 1.807) is 6.08 Å². The third kappa shape index (κ3) is 6.10. The predicted molar refractivity (Wildman–Crippen MR) is 63.8 cm³/mol. The molecule has 0 aromatic rings. The molecule has 15 heavy (non-hydrogen) atoms. The fourth-order valence-electron chi connectivity index (χ4n) is 1.40. The van der Waals surface area contributed by atoms with Gasteiger partial charge in [0.05, 0.1) is 6.42 Å². The lowest BCUT2D eigenvalue weighted by Gasteiger charge is -2.22. The number of carboxylic acid groups (broad SMARTS) is 1. The van der Waals surface area contributed by atoms with Crippen molar-refractivity contribution in [2.45, 2.75) is 46.5 Å². The van der Waals surface area contributed by atoms with E-state index in [0.717, 1.165) is 19.3 Å². The Labute approximate surface area is 92.7 Å². The highest BCUT2D eigenvalue weighted by Crippen LogP contribution is 2.29. The fourth-order valence-corrected chi connectivity index (χ4v) is 1.40. The Morgan fingerprint density at radius 1 is 1.53 bits per heavy atom. The molecular weight excluding hydrogens is 188 g/mol. The number of aliphatic carboxylic acids is 1. The van der Waals surface area contributed by atoms with E-state index in [9.17, 15) is 4.79 Å². The van der Waals surface area contributed by atoms with Gasteiger partial charge in [0, 0.05) is 0 Å². The number of hydrogen-bond donors (Lipinski definition) is 1. The van der Waals surface area contributed by atoms with Crippen LogP contribution in [-0.4, -0.2) is 11.1 Å². The molecule has 0 aromatic carbocycles. The zero-order valence-corrected chi connectivity index (χ0v) is 10.0. The summed E-state index contributed by atoms with van der Waals surface area (Å²) in [6, 6.07) is 0. The normalized spacial score (nSPS) is 15.8. The van der Waals surface area contributed by atoms with Crippen molar-refractivity contribution in [2.75, 3.05) is 0 Å². The summed E-state index contributed by atoms with van der Waals surface area (Å²) in [7, 11) is 0. The quantitative estimate of drug-likeness (QED) is 0.649. The zero-order valence-electron chi connectivity index (χ0n) is 10.0. The van der Waals surface area contributed by atoms with Gasteiger partial charge in [-0.25, -0.2) is 0 Å². The summed E-state index contributed by atoms with van der Waals surface area (Å²) in [5.41, 5.74) is 1.08. The Balaban J connectivity index is 4.21. The molecule has 0 aliphatic carbocycles. The van der Waals surface area contributed by atoms with Gasteiger partial charge in [0.15, 0.2) is 0 Å². The second kappa shape index (κ2) is 6.44. The van der Waals surface area contributed by atoms with E-state index in [1.807, 2.05) is 6.92 Å². The lowest BCUT2D eigenvalue weighted by atomic mass is 9.82. The first-order valence-electron chi connectivity index (χ1n) is 5.44. The minimum atomic E-state index is -0.756. The Hall–Kier alpha value is -1.05. The first kappa shape index (κ1) is 13.9. The zero-order chi connectivity index (χ0) is 11.9. The van der Waals surface area contributed by atoms with Crippen LogP contribution in [0.5, 0.6) is 0 Å². The average Bonchev–Trinajstić information content (AvgIpc) is 2.16. The first-order chi connectivity index (χ1) is 6.93. The summed E-state index contributed by atoms with van der Waals surface area (Å²) in [6.07, 6.45) is 6.94. The minimum Gasteiger partial charge on any atom is -0.481 e. The SMILES string of the molecule is C=CC(C)(CC/C=C(\C)CC)CC(=O)O. The van der Waals surface area contributed by atoms with Gasteiger partial charge in [-0.2, -0.15) is 0 Å². The molecule has 2 nitrogen and oxygen atoms in total. The Bertz CT molecular complexity index is 253. The van der Waals surface area contributed by atoms with Crippen molar-refractivity contribution in [3.63, 3.8) is 0 Å². The van der Waals surface area contributed by atoms with Gasteiger partial charge >= 0.3 is 5.97 Å². The maximum Gasteiger partial charge on any atom is 0.304 e. The fraction of sp³-hybridized carbons (Fsp3) is 0.615. The van der Waals surface area contributed by atoms with E-state index in [2.05, 4.69) is 26.5 Å². The van der Waals surface area contributed by atoms with Crippen molar-refractivity contribution in [1.29, 1.82) is 0 Å². The van der Waals surface area contributed by atoms with Gasteiger partial charge in [-0.3, -0.25) is 4.79 Å². The highest BCUT2D eigenvalue weighted by molar-refractivity contribution is 5.68. The predicted octanol–water partition coefficient (Wildman–Crippen LogP) is 3.79. The standard InChI is InChI=1S/C13H22O2/c1-5-11(3)8-7-9-13(4,6-2)10-12(14)15/h6,8H,2,5,7,9-10H2,1,3-4H3,(H,14,15)/b11-8+. The van der Waals surface area contributed by atoms with Gasteiger partial charge in [0.25, 0.3) is 0 Å². The van der Waals surface area contributed by atoms with E-state index in [1.165, 1.54) is 5.57 Å². The van der Waals surface area contributed by atoms with Gasteiger partial charge in [-0.1, -0.05) is 31.6 Å². The van der Waals surface area contributed by atoms with Crippen LogP contribution in [0.15, 0.2) is 24.3 Å². The topological polar surface area (TPSA) is 37.3 Å². The van der Waals surface area contributed by atoms with Crippen LogP contribution >= 0.6 is 0 Å². The van der Waals surface area contributed by atoms with E-state index in [-0.39, 0.29) is 11.8 Å². The molecular formula is C13H22O2. The molecule has 0 spiro atoms. The van der Waals surface area contributed by atoms with Gasteiger partial charge < -0.3 is 5.11 Å². The molecule has 0 amide bonds. The van der Waals surface area contributed by atoms with Gasteiger partial charge in [0.2, 0.25) is 0 Å². The highest BCUT2D eigenvalue weighted by Gasteiger charge is 2.22. The molecule has 0 fully saturated rings. The van der Waals surface area contributed by atoms with Crippen LogP contribution in [0.2, 0.25) is 0 Å². The molecule has 0 radical (unpaired) electrons. The van der Waals surface area contributed by atoms with Crippen molar-refractivity contribution in [3.05, 3.63) is 24.3 Å². The monoisotopic (exact) mass is 210 g/mol. The highest BCUT2D eigenvalue weighted by atomic mass is 16.4. The van der Waals surface area contributed by atoms with Gasteiger partial charge in [-0.15, -0.1) is 6.58 Å². The molecule has 1 atom stereocenters. The van der Waals surface area contributed by atoms with E-state index >= 15 is 0 Å². The maximum atomic E-state index is 10.7. The van der Waals surface area contributed by atoms with Crippen LogP contribution in [0.3, 0.4) is 0 Å². The molecule has 0 saturated heterocycles. The molecule has 0 saturated carbocycles. The summed E-state index contributed by atoms with van der Waals surface area (Å²) >= 11 is 0. The van der Waals surface area contributed by atoms with E-state index in [4.69, 9.17) is 5.11 Å². The van der Waals surface area contributed by atoms with Crippen LogP contribution < -0.4 is 0 Å². The van der Waals surface area contributed by atoms with Crippen LogP contribution in [0.1, 0.15) is 46.5 Å². The van der Waals surface area contributed by atoms with Crippen molar-refractivity contribution < 1.29 is 9.90 Å². The van der Waals surface area contributed by atoms with Crippen molar-refractivity contribution >= 4 is 5.97 Å². The third-order valence-electron chi connectivity index (χ3n) is 2.81. The van der Waals surface area contributed by atoms with Crippen molar-refractivity contribution in [1.82, 2.24) is 0 Å². The van der Waals surface area contributed by atoms with Crippen LogP contribution in [0.25, 0.3) is 0 Å². The largest absolute Gasteiger partial charge is 0.481 e. The first-order valence-corrected chi connectivity index (χ1v) is 5.44. The molecule has 0 heterocycles. The smallest absolute Gasteiger partial charge is 0.304 e. The summed E-state index contributed by atoms with van der Waals surface area (Å²) in [4.78, 5) is 10.7. The molecule has 0 aliphatic rings. The maximum absolute atomic E-state index is 10.7. The van der Waals surface area contributed by atoms with Crippen molar-refractivity contribution in [2.24, 2.45) is 5.41 Å². The Morgan fingerprint density at radius 2 is 2.13 bits per heavy atom. The number of carboxylic acids is 1. The number of hydrogen-bond acceptors (Lipinski definition) is 1. The minimum absolute atomic E-state index is 0.162. The average molecular weight is 210 g/mol. The summed E-state index contributed by atoms with van der Waals surface area (Å²) in [5, 5.41) is 8.77. The molecule has 0 aliphatic heterocycles. The number of allylic oxidation sites excluding steroid dienone is 3. The second-order valence-corrected chi connectivity index (χ2v) is 4.37. The molecule has 2 heteroatoms. The van der Waals surface area contributed by atoms with Gasteiger partial charge in [0.1, 0.15) is 0 Å². The number of carbonyl (C=O) groups is 1. The van der Waals surface area contributed by atoms with E-state index in [0.29, 0.717) is 0 Å². The third-order valence-corrected chi connectivity index (χ3v) is 2.81. The van der Waals surface area contributed by atoms with Crippen molar-refractivity contribution in [3.8, 4) is 0 Å². The molecule has 86 valence electrons. The number of rotatable bonds is 7. The summed E-state index contributed by atoms with van der Waals surface area (Å²) < 4.78 is 0. The van der Waals surface area contributed by atoms with Crippen LogP contribution in [-0.2, 0) is 4.79 Å². The molecule has 1 unspecified atom stereocenters. The molecule has 1 N–H and O–H groups in total. The van der Waals surface area contributed by atoms with Crippen LogP contribution in [0.4, 0.5) is 0 Å². The van der Waals surface area contributed by atoms with Crippen LogP contribution in [0, 0.1) is 5.41 Å². The summed E-state index contributed by atoms with van der Waals surface area (Å²) in [5.74, 6) is -0.756. The molecule has 0 aromatic heterocycles. The lowest BCUT2D eigenvalue weighted by molar-refractivity contribution is -0.138. The Kier molecular flexibility index (Phi) is 5.99. The molecule has 0 bridgehead atoms. The second-order valence-electron chi connectivity index (χ2n) is 4.37. The molecule has 0 rings (SSSR count). The lowest BCUT2D eigenvalue weighted by Crippen LogP contribution is -2.17. The van der Waals surface area contributed by atoms with Gasteiger partial charge in [-0.05, 0) is 31.6 Å². The van der Waals surface area contributed by atoms with E-state index < -0.39 is 5.97 Å². The Morgan fingerprint density at radius 3 is 2.53 bits per heavy atom.